The second-order valence-electron chi connectivity index (χ2n) is 8.60. The number of hydrogen-bond acceptors (Lipinski definition) is 5. The van der Waals surface area contributed by atoms with Crippen LogP contribution in [0.1, 0.15) is 42.6 Å². The summed E-state index contributed by atoms with van der Waals surface area (Å²) >= 11 is 0. The molecule has 6 heteroatoms. The Morgan fingerprint density at radius 1 is 1.07 bits per heavy atom. The predicted octanol–water partition coefficient (Wildman–Crippen LogP) is 3.15. The summed E-state index contributed by atoms with van der Waals surface area (Å²) in [6.45, 7) is 1.85. The van der Waals surface area contributed by atoms with E-state index in [0.717, 1.165) is 33.9 Å². The van der Waals surface area contributed by atoms with E-state index in [9.17, 15) is 10.2 Å². The van der Waals surface area contributed by atoms with Gasteiger partial charge in [-0.1, -0.05) is 42.5 Å². The van der Waals surface area contributed by atoms with Gasteiger partial charge in [0.1, 0.15) is 18.0 Å². The molecule has 3 aliphatic rings. The van der Waals surface area contributed by atoms with Gasteiger partial charge in [0.05, 0.1) is 23.6 Å². The van der Waals surface area contributed by atoms with Crippen molar-refractivity contribution in [3.63, 3.8) is 0 Å². The number of allylic oxidation sites excluding steroid dienone is 2. The van der Waals surface area contributed by atoms with Crippen molar-refractivity contribution < 1.29 is 14.8 Å². The van der Waals surface area contributed by atoms with Crippen molar-refractivity contribution in [2.45, 2.75) is 31.5 Å². The van der Waals surface area contributed by atoms with Crippen LogP contribution in [0.2, 0.25) is 0 Å². The highest BCUT2D eigenvalue weighted by Crippen LogP contribution is 2.46. The summed E-state index contributed by atoms with van der Waals surface area (Å²) in [6.07, 6.45) is 5.93. The fraction of sp³-hybridized carbons (Fsp3) is 0.250. The molecule has 2 aliphatic heterocycles. The molecular weight excluding hydrogens is 376 g/mol. The quantitative estimate of drug-likeness (QED) is 0.543. The Hall–Kier alpha value is -2.90. The van der Waals surface area contributed by atoms with E-state index in [4.69, 9.17) is 10.8 Å². The Labute approximate surface area is 175 Å². The number of aliphatic imine (C=N–C) groups is 2. The Kier molecular flexibility index (Phi) is 4.34. The van der Waals surface area contributed by atoms with Crippen molar-refractivity contribution in [1.82, 2.24) is 0 Å². The molecule has 1 saturated carbocycles. The summed E-state index contributed by atoms with van der Waals surface area (Å²) in [5.41, 5.74) is 3.66. The standard InChI is InChI=1S/C24H25N4O2/c1-24(30)13-19(14-24)21-20-15-26-11-12-28(20,25)23(27-21)18-9-7-17(8-10-18)22(29)16-5-3-2-4-6-16/h2-12,15,19,22,29-30H,13-14,25H2,1H3/q+1. The second-order valence-corrected chi connectivity index (χ2v) is 8.60. The molecule has 0 bridgehead atoms. The molecule has 1 fully saturated rings. The predicted molar refractivity (Wildman–Crippen MR) is 116 cm³/mol. The smallest absolute Gasteiger partial charge is 0.264 e. The van der Waals surface area contributed by atoms with Gasteiger partial charge in [-0.3, -0.25) is 4.99 Å². The molecule has 0 amide bonds. The van der Waals surface area contributed by atoms with Crippen LogP contribution in [0.3, 0.4) is 0 Å². The van der Waals surface area contributed by atoms with Crippen molar-refractivity contribution >= 4 is 12.1 Å². The maximum absolute atomic E-state index is 10.7. The number of fused-ring (bicyclic) bond motifs is 1. The molecule has 2 aromatic rings. The molecule has 2 atom stereocenters. The minimum absolute atomic E-state index is 0.0297. The van der Waals surface area contributed by atoms with E-state index in [1.165, 1.54) is 0 Å². The van der Waals surface area contributed by atoms with Gasteiger partial charge in [-0.25, -0.2) is 0 Å². The lowest BCUT2D eigenvalue weighted by atomic mass is 9.70. The highest BCUT2D eigenvalue weighted by atomic mass is 16.3. The first-order chi connectivity index (χ1) is 14.4. The molecule has 1 aliphatic carbocycles. The van der Waals surface area contributed by atoms with E-state index in [-0.39, 0.29) is 10.5 Å². The van der Waals surface area contributed by atoms with Gasteiger partial charge in [0, 0.05) is 5.92 Å². The Balaban J connectivity index is 1.47. The molecule has 152 valence electrons. The van der Waals surface area contributed by atoms with Gasteiger partial charge in [0.2, 0.25) is 5.70 Å². The van der Waals surface area contributed by atoms with Gasteiger partial charge in [0.15, 0.2) is 0 Å². The Morgan fingerprint density at radius 3 is 2.40 bits per heavy atom. The summed E-state index contributed by atoms with van der Waals surface area (Å²) in [4.78, 5) is 9.19. The van der Waals surface area contributed by atoms with E-state index >= 15 is 0 Å². The number of amidine groups is 1. The van der Waals surface area contributed by atoms with Crippen LogP contribution < -0.4 is 5.84 Å². The fourth-order valence-corrected chi connectivity index (χ4v) is 4.54. The highest BCUT2D eigenvalue weighted by Gasteiger charge is 2.50. The maximum atomic E-state index is 10.7. The molecular formula is C24H25N4O2+. The molecule has 2 unspecified atom stereocenters. The first-order valence-corrected chi connectivity index (χ1v) is 10.2. The lowest BCUT2D eigenvalue weighted by molar-refractivity contribution is -0.750. The third-order valence-corrected chi connectivity index (χ3v) is 6.18. The van der Waals surface area contributed by atoms with Gasteiger partial charge in [-0.2, -0.15) is 10.8 Å². The number of benzene rings is 2. The van der Waals surface area contributed by atoms with Crippen LogP contribution in [-0.4, -0.2) is 32.5 Å². The molecule has 30 heavy (non-hydrogen) atoms. The number of hydrogen-bond donors (Lipinski definition) is 3. The summed E-state index contributed by atoms with van der Waals surface area (Å²) in [5.74, 6) is 7.65. The molecule has 6 nitrogen and oxygen atoms in total. The van der Waals surface area contributed by atoms with Gasteiger partial charge in [-0.15, -0.1) is 4.59 Å². The average molecular weight is 401 g/mol. The number of aliphatic hydroxyl groups is 2. The van der Waals surface area contributed by atoms with Crippen LogP contribution in [0, 0.1) is 5.92 Å². The molecule has 0 aromatic heterocycles. The first-order valence-electron chi connectivity index (χ1n) is 10.2. The van der Waals surface area contributed by atoms with E-state index in [0.29, 0.717) is 12.8 Å². The number of nitrogens with two attached hydrogens (primary N) is 1. The molecule has 0 radical (unpaired) electrons. The van der Waals surface area contributed by atoms with Crippen LogP contribution in [-0.2, 0) is 0 Å². The van der Waals surface area contributed by atoms with E-state index in [1.807, 2.05) is 67.7 Å². The molecule has 0 spiro atoms. The van der Waals surface area contributed by atoms with Gasteiger partial charge < -0.3 is 10.2 Å². The third-order valence-electron chi connectivity index (χ3n) is 6.18. The zero-order valence-corrected chi connectivity index (χ0v) is 16.8. The molecule has 5 rings (SSSR count). The van der Waals surface area contributed by atoms with Crippen molar-refractivity contribution in [3.8, 4) is 0 Å². The van der Waals surface area contributed by atoms with Crippen molar-refractivity contribution in [2.24, 2.45) is 21.7 Å². The highest BCUT2D eigenvalue weighted by molar-refractivity contribution is 6.00. The van der Waals surface area contributed by atoms with Crippen molar-refractivity contribution in [1.29, 1.82) is 0 Å². The topological polar surface area (TPSA) is 91.2 Å². The molecule has 0 saturated heterocycles. The van der Waals surface area contributed by atoms with Crippen molar-refractivity contribution in [2.75, 3.05) is 0 Å². The average Bonchev–Trinajstić information content (AvgIpc) is 3.05. The van der Waals surface area contributed by atoms with Crippen LogP contribution in [0.25, 0.3) is 0 Å². The lowest BCUT2D eigenvalue weighted by Gasteiger charge is -2.40. The summed E-state index contributed by atoms with van der Waals surface area (Å²) in [7, 11) is 0. The minimum Gasteiger partial charge on any atom is -0.390 e. The van der Waals surface area contributed by atoms with Crippen LogP contribution in [0.4, 0.5) is 0 Å². The number of rotatable bonds is 4. The SMILES string of the molecule is CC1(O)CC(C2=C3C=NC=C[N+]3(N)C(c3ccc(C(O)c4ccccc4)cc3)=N2)C1. The first kappa shape index (κ1) is 19.1. The normalized spacial score (nSPS) is 30.7. The Morgan fingerprint density at radius 2 is 1.73 bits per heavy atom. The van der Waals surface area contributed by atoms with Crippen LogP contribution in [0.15, 0.2) is 88.4 Å². The zero-order valence-electron chi connectivity index (χ0n) is 16.8. The largest absolute Gasteiger partial charge is 0.390 e. The molecule has 2 aromatic carbocycles. The summed E-state index contributed by atoms with van der Waals surface area (Å²) in [6, 6.07) is 17.3. The van der Waals surface area contributed by atoms with Gasteiger partial charge >= 0.3 is 0 Å². The van der Waals surface area contributed by atoms with Crippen LogP contribution >= 0.6 is 0 Å². The van der Waals surface area contributed by atoms with Gasteiger partial charge in [-0.05, 0) is 43.0 Å². The fourth-order valence-electron chi connectivity index (χ4n) is 4.54. The summed E-state index contributed by atoms with van der Waals surface area (Å²) in [5, 5.41) is 20.9. The zero-order chi connectivity index (χ0) is 20.9. The maximum Gasteiger partial charge on any atom is 0.264 e. The minimum atomic E-state index is -0.685. The molecule has 4 N–H and O–H groups in total. The Bertz CT molecular complexity index is 1090. The van der Waals surface area contributed by atoms with E-state index in [1.54, 1.807) is 12.4 Å². The van der Waals surface area contributed by atoms with E-state index in [2.05, 4.69) is 4.99 Å². The van der Waals surface area contributed by atoms with E-state index < -0.39 is 11.7 Å². The van der Waals surface area contributed by atoms with Crippen molar-refractivity contribution in [3.05, 3.63) is 95.1 Å². The number of nitrogens with zero attached hydrogens (tertiary/aromatic N) is 3. The number of aliphatic hydroxyl groups excluding tert-OH is 1. The van der Waals surface area contributed by atoms with Crippen LogP contribution in [0.5, 0.6) is 0 Å². The lowest BCUT2D eigenvalue weighted by Crippen LogP contribution is -2.53. The molecule has 2 heterocycles. The number of quaternary nitrogens is 1. The van der Waals surface area contributed by atoms with Gasteiger partial charge in [0.25, 0.3) is 5.84 Å². The second kappa shape index (κ2) is 6.82. The summed E-state index contributed by atoms with van der Waals surface area (Å²) < 4.78 is -0.0297. The third kappa shape index (κ3) is 3.05. The monoisotopic (exact) mass is 401 g/mol.